The van der Waals surface area contributed by atoms with E-state index >= 15 is 0 Å². The first-order chi connectivity index (χ1) is 9.85. The summed E-state index contributed by atoms with van der Waals surface area (Å²) >= 11 is 0. The van der Waals surface area contributed by atoms with Crippen molar-refractivity contribution in [3.63, 3.8) is 0 Å². The van der Waals surface area contributed by atoms with E-state index in [0.29, 0.717) is 16.6 Å². The fourth-order valence-corrected chi connectivity index (χ4v) is 11.0. The number of fused-ring (bicyclic) bond motifs is 1. The van der Waals surface area contributed by atoms with Gasteiger partial charge in [0.25, 0.3) is 0 Å². The lowest BCUT2D eigenvalue weighted by molar-refractivity contribution is 0.770. The maximum absolute atomic E-state index is 4.82. The second-order valence-electron chi connectivity index (χ2n) is 7.15. The van der Waals surface area contributed by atoms with Gasteiger partial charge >= 0.3 is 0 Å². The average molecular weight is 303 g/mol. The maximum Gasteiger partial charge on any atom is 0.171 e. The lowest BCUT2D eigenvalue weighted by Gasteiger charge is -2.44. The summed E-state index contributed by atoms with van der Waals surface area (Å²) in [6.45, 7) is 16.6. The summed E-state index contributed by atoms with van der Waals surface area (Å²) in [5.74, 6) is 0. The molecule has 2 heterocycles. The Hall–Kier alpha value is -1.09. The average Bonchev–Trinajstić information content (AvgIpc) is 2.81. The van der Waals surface area contributed by atoms with Crippen molar-refractivity contribution in [2.75, 3.05) is 0 Å². The molecule has 2 aromatic rings. The summed E-state index contributed by atoms with van der Waals surface area (Å²) in [4.78, 5) is 4.82. The van der Waals surface area contributed by atoms with E-state index in [2.05, 4.69) is 77.2 Å². The summed E-state index contributed by atoms with van der Waals surface area (Å²) in [5.41, 5.74) is 4.60. The number of aromatic nitrogens is 2. The van der Waals surface area contributed by atoms with Gasteiger partial charge in [-0.15, -0.1) is 0 Å². The van der Waals surface area contributed by atoms with Gasteiger partial charge in [0.05, 0.1) is 0 Å². The third-order valence-electron chi connectivity index (χ3n) is 5.18. The summed E-state index contributed by atoms with van der Waals surface area (Å²) in [7, 11) is -1.69. The van der Waals surface area contributed by atoms with Crippen molar-refractivity contribution in [1.29, 1.82) is 0 Å². The molecule has 0 fully saturated rings. The van der Waals surface area contributed by atoms with Crippen LogP contribution < -0.4 is 0 Å². The molecule has 0 radical (unpaired) electrons. The van der Waals surface area contributed by atoms with Crippen LogP contribution in [0.2, 0.25) is 16.6 Å². The van der Waals surface area contributed by atoms with Gasteiger partial charge in [-0.3, -0.25) is 0 Å². The summed E-state index contributed by atoms with van der Waals surface area (Å²) in [6.07, 6.45) is 5.41. The second-order valence-corrected chi connectivity index (χ2v) is 12.9. The summed E-state index contributed by atoms with van der Waals surface area (Å²) < 4.78 is 2.59. The highest BCUT2D eigenvalue weighted by molar-refractivity contribution is 6.82. The highest BCUT2D eigenvalue weighted by atomic mass is 28.3. The van der Waals surface area contributed by atoms with E-state index in [4.69, 9.17) is 4.98 Å². The van der Waals surface area contributed by atoms with Gasteiger partial charge in [-0.2, -0.15) is 0 Å². The zero-order valence-corrected chi connectivity index (χ0v) is 15.6. The normalized spacial score (nSPS) is 13.0. The van der Waals surface area contributed by atoms with Crippen LogP contribution in [0.1, 0.15) is 54.0 Å². The van der Waals surface area contributed by atoms with E-state index in [9.17, 15) is 0 Å². The van der Waals surface area contributed by atoms with Crippen molar-refractivity contribution in [2.24, 2.45) is 0 Å². The Kier molecular flexibility index (Phi) is 4.62. The number of pyridine rings is 1. The molecule has 0 saturated heterocycles. The minimum absolute atomic E-state index is 0.695. The Labute approximate surface area is 130 Å². The van der Waals surface area contributed by atoms with Gasteiger partial charge in [0.1, 0.15) is 5.65 Å². The Morgan fingerprint density at radius 2 is 1.62 bits per heavy atom. The Bertz CT molecular complexity index is 589. The number of aryl methyl sites for hydroxylation is 1. The molecular formula is C18H30N2Si. The van der Waals surface area contributed by atoms with Crippen LogP contribution in [0.4, 0.5) is 0 Å². The molecule has 0 saturated carbocycles. The minimum atomic E-state index is -1.69. The van der Waals surface area contributed by atoms with Gasteiger partial charge in [0.15, 0.2) is 8.24 Å². The predicted octanol–water partition coefficient (Wildman–Crippen LogP) is 5.62. The molecule has 0 aliphatic carbocycles. The van der Waals surface area contributed by atoms with Gasteiger partial charge in [-0.05, 0) is 46.9 Å². The van der Waals surface area contributed by atoms with Crippen LogP contribution in [-0.4, -0.2) is 17.5 Å². The fraction of sp³-hybridized carbons (Fsp3) is 0.611. The van der Waals surface area contributed by atoms with E-state index in [-0.39, 0.29) is 0 Å². The van der Waals surface area contributed by atoms with Crippen LogP contribution in [0.3, 0.4) is 0 Å². The van der Waals surface area contributed by atoms with E-state index < -0.39 is 8.24 Å². The smallest absolute Gasteiger partial charge is 0.171 e. The number of rotatable bonds is 5. The quantitative estimate of drug-likeness (QED) is 0.655. The highest BCUT2D eigenvalue weighted by Gasteiger charge is 2.45. The van der Waals surface area contributed by atoms with Gasteiger partial charge in [-0.1, -0.05) is 48.5 Å². The molecule has 0 N–H and O–H groups in total. The van der Waals surface area contributed by atoms with Gasteiger partial charge in [0, 0.05) is 11.6 Å². The van der Waals surface area contributed by atoms with E-state index in [1.807, 2.05) is 0 Å². The third-order valence-corrected chi connectivity index (χ3v) is 11.9. The zero-order valence-electron chi connectivity index (χ0n) is 14.6. The van der Waals surface area contributed by atoms with Gasteiger partial charge < -0.3 is 4.23 Å². The van der Waals surface area contributed by atoms with Crippen molar-refractivity contribution < 1.29 is 0 Å². The molecule has 0 aliphatic rings. The second kappa shape index (κ2) is 5.96. The zero-order chi connectivity index (χ0) is 15.8. The number of nitrogens with zero attached hydrogens (tertiary/aromatic N) is 2. The first-order valence-corrected chi connectivity index (χ1v) is 10.5. The van der Waals surface area contributed by atoms with E-state index in [1.54, 1.807) is 0 Å². The van der Waals surface area contributed by atoms with Crippen molar-refractivity contribution in [3.8, 4) is 0 Å². The molecular weight excluding hydrogens is 272 g/mol. The highest BCUT2D eigenvalue weighted by Crippen LogP contribution is 2.43. The van der Waals surface area contributed by atoms with Gasteiger partial charge in [-0.25, -0.2) is 4.98 Å². The molecule has 0 unspecified atom stereocenters. The molecule has 0 aliphatic heterocycles. The molecule has 0 spiro atoms. The SMILES string of the molecule is CCc1cnc2c(ccn2[Si](C(C)C)(C(C)C)C(C)C)c1. The van der Waals surface area contributed by atoms with Crippen LogP contribution in [0, 0.1) is 0 Å². The number of hydrogen-bond donors (Lipinski definition) is 0. The van der Waals surface area contributed by atoms with E-state index in [1.165, 1.54) is 16.6 Å². The lowest BCUT2D eigenvalue weighted by Crippen LogP contribution is -2.51. The molecule has 0 atom stereocenters. The minimum Gasteiger partial charge on any atom is -0.359 e. The Morgan fingerprint density at radius 1 is 1.05 bits per heavy atom. The largest absolute Gasteiger partial charge is 0.359 e. The maximum atomic E-state index is 4.82. The number of hydrogen-bond acceptors (Lipinski definition) is 1. The molecule has 2 aromatic heterocycles. The molecule has 0 aromatic carbocycles. The van der Waals surface area contributed by atoms with Crippen molar-refractivity contribution in [2.45, 2.75) is 71.5 Å². The van der Waals surface area contributed by atoms with Crippen molar-refractivity contribution in [3.05, 3.63) is 30.1 Å². The Morgan fingerprint density at radius 3 is 2.10 bits per heavy atom. The van der Waals surface area contributed by atoms with Crippen molar-refractivity contribution >= 4 is 19.3 Å². The summed E-state index contributed by atoms with van der Waals surface area (Å²) in [6, 6.07) is 4.56. The molecule has 116 valence electrons. The predicted molar refractivity (Wildman–Crippen MR) is 95.6 cm³/mol. The monoisotopic (exact) mass is 302 g/mol. The van der Waals surface area contributed by atoms with Crippen LogP contribution in [0.25, 0.3) is 11.0 Å². The molecule has 0 bridgehead atoms. The van der Waals surface area contributed by atoms with Crippen LogP contribution in [0.15, 0.2) is 24.5 Å². The lowest BCUT2D eigenvalue weighted by atomic mass is 10.2. The first-order valence-electron chi connectivity index (χ1n) is 8.32. The first kappa shape index (κ1) is 16.3. The van der Waals surface area contributed by atoms with Crippen molar-refractivity contribution in [1.82, 2.24) is 9.22 Å². The fourth-order valence-electron chi connectivity index (χ4n) is 4.41. The molecule has 21 heavy (non-hydrogen) atoms. The van der Waals surface area contributed by atoms with Crippen LogP contribution in [-0.2, 0) is 6.42 Å². The third kappa shape index (κ3) is 2.46. The van der Waals surface area contributed by atoms with Gasteiger partial charge in [0.2, 0.25) is 0 Å². The topological polar surface area (TPSA) is 17.8 Å². The van der Waals surface area contributed by atoms with Crippen LogP contribution in [0.5, 0.6) is 0 Å². The molecule has 2 rings (SSSR count). The molecule has 3 heteroatoms. The molecule has 0 amide bonds. The molecule has 2 nitrogen and oxygen atoms in total. The standard InChI is InChI=1S/C18H30N2Si/c1-8-16-11-17-9-10-20(18(17)19-12-16)21(13(2)3,14(4)5)15(6)7/h9-15H,8H2,1-7H3. The van der Waals surface area contributed by atoms with E-state index in [0.717, 1.165) is 6.42 Å². The van der Waals surface area contributed by atoms with Crippen LogP contribution >= 0.6 is 0 Å². The Balaban J connectivity index is 2.71. The summed E-state index contributed by atoms with van der Waals surface area (Å²) in [5, 5.41) is 1.30.